The monoisotopic (exact) mass is 483 g/mol. The first-order valence-corrected chi connectivity index (χ1v) is 17.2. The predicted octanol–water partition coefficient (Wildman–Crippen LogP) is -2.37. The fourth-order valence-electron chi connectivity index (χ4n) is 2.33. The number of rotatable bonds is 5. The number of hydrogen-bond donors (Lipinski definition) is 0. The Labute approximate surface area is 159 Å². The Kier molecular flexibility index (Phi) is 6.11. The SMILES string of the molecule is CS(=O)(=O)[C]1=C(S(C)(=O)=O)C(S(C)(=O)=O)=C(S(C)(=O)=O)[CH](S(C)(=O)=O)[Al+]1. The second kappa shape index (κ2) is 6.68. The summed E-state index contributed by atoms with van der Waals surface area (Å²) in [7, 11) is -22.3. The van der Waals surface area contributed by atoms with Gasteiger partial charge in [-0.15, -0.1) is 0 Å². The molecule has 0 saturated heterocycles. The molecule has 0 fully saturated rings. The van der Waals surface area contributed by atoms with Gasteiger partial charge in [-0.2, -0.15) is 0 Å². The number of sulfone groups is 5. The third-order valence-electron chi connectivity index (χ3n) is 3.22. The average molecular weight is 484 g/mol. The fourth-order valence-corrected chi connectivity index (χ4v) is 15.8. The summed E-state index contributed by atoms with van der Waals surface area (Å²) in [6.45, 7) is 0. The summed E-state index contributed by atoms with van der Waals surface area (Å²) in [4.78, 5) is -3.57. The van der Waals surface area contributed by atoms with Crippen molar-refractivity contribution in [2.45, 2.75) is 4.11 Å². The molecule has 0 bridgehead atoms. The fraction of sp³-hybridized carbons (Fsp3) is 0.600. The van der Waals surface area contributed by atoms with E-state index in [-0.39, 0.29) is 0 Å². The van der Waals surface area contributed by atoms with Gasteiger partial charge in [-0.3, -0.25) is 0 Å². The van der Waals surface area contributed by atoms with E-state index in [1.807, 2.05) is 0 Å². The molecule has 1 aliphatic heterocycles. The molecule has 148 valence electrons. The van der Waals surface area contributed by atoms with Gasteiger partial charge in [0.05, 0.1) is 0 Å². The van der Waals surface area contributed by atoms with Gasteiger partial charge in [0.15, 0.2) is 0 Å². The molecule has 0 radical (unpaired) electrons. The van der Waals surface area contributed by atoms with E-state index in [1.54, 1.807) is 0 Å². The van der Waals surface area contributed by atoms with Crippen molar-refractivity contribution in [2.24, 2.45) is 0 Å². The molecule has 1 rings (SSSR count). The molecule has 0 aromatic rings. The van der Waals surface area contributed by atoms with Crippen LogP contribution in [-0.2, 0) is 49.2 Å². The zero-order valence-corrected chi connectivity index (χ0v) is 19.5. The molecule has 0 amide bonds. The minimum absolute atomic E-state index is 0.485. The summed E-state index contributed by atoms with van der Waals surface area (Å²) in [5.41, 5.74) is 0. The quantitative estimate of drug-likeness (QED) is 0.385. The van der Waals surface area contributed by atoms with Crippen molar-refractivity contribution < 1.29 is 42.1 Å². The van der Waals surface area contributed by atoms with Crippen LogP contribution in [0.15, 0.2) is 18.5 Å². The Balaban J connectivity index is 4.53. The van der Waals surface area contributed by atoms with Crippen molar-refractivity contribution in [3.05, 3.63) is 18.5 Å². The Morgan fingerprint density at radius 3 is 1.19 bits per heavy atom. The van der Waals surface area contributed by atoms with Crippen LogP contribution in [0.2, 0.25) is 0 Å². The van der Waals surface area contributed by atoms with Gasteiger partial charge in [-0.1, -0.05) is 0 Å². The van der Waals surface area contributed by atoms with Crippen LogP contribution in [0.25, 0.3) is 0 Å². The molecule has 0 aliphatic carbocycles. The summed E-state index contributed by atoms with van der Waals surface area (Å²) in [6, 6.07) is 0. The zero-order valence-electron chi connectivity index (χ0n) is 14.3. The topological polar surface area (TPSA) is 171 Å². The molecule has 1 heterocycles. The molecule has 26 heavy (non-hydrogen) atoms. The third-order valence-corrected chi connectivity index (χ3v) is 14.8. The van der Waals surface area contributed by atoms with E-state index < -0.39 is 87.0 Å². The first-order valence-electron chi connectivity index (χ1n) is 6.42. The molecule has 0 aromatic carbocycles. The van der Waals surface area contributed by atoms with Crippen molar-refractivity contribution in [1.82, 2.24) is 0 Å². The molecule has 16 heteroatoms. The summed E-state index contributed by atoms with van der Waals surface area (Å²) in [6.07, 6.45) is 2.78. The molecule has 1 atom stereocenters. The van der Waals surface area contributed by atoms with Crippen LogP contribution in [0.1, 0.15) is 0 Å². The van der Waals surface area contributed by atoms with E-state index in [0.29, 0.717) is 31.3 Å². The second-order valence-electron chi connectivity index (χ2n) is 5.89. The Hall–Kier alpha value is -0.238. The van der Waals surface area contributed by atoms with Gasteiger partial charge in [0.2, 0.25) is 0 Å². The van der Waals surface area contributed by atoms with Crippen molar-refractivity contribution in [3.8, 4) is 0 Å². The molecule has 0 aromatic heterocycles. The Bertz CT molecular complexity index is 1240. The standard InChI is InChI=1S/C10H16O10S5.Al/c1-21(11,12)6-8(23(3,15)16)10(25(5,19)20)9(24(4,17)18)7-22(2,13)14;/h6H,1-5H3;/q;+1. The van der Waals surface area contributed by atoms with Crippen LogP contribution < -0.4 is 0 Å². The summed E-state index contributed by atoms with van der Waals surface area (Å²) in [5, 5.41) is 0. The molecule has 1 unspecified atom stereocenters. The third kappa shape index (κ3) is 4.97. The predicted molar refractivity (Wildman–Crippen MR) is 97.8 cm³/mol. The molecule has 1 aliphatic rings. The van der Waals surface area contributed by atoms with Gasteiger partial charge in [-0.05, 0) is 0 Å². The van der Waals surface area contributed by atoms with E-state index in [1.165, 1.54) is 0 Å². The van der Waals surface area contributed by atoms with Crippen molar-refractivity contribution in [2.75, 3.05) is 31.3 Å². The number of hydrogen-bond acceptors (Lipinski definition) is 10. The normalized spacial score (nSPS) is 20.6. The van der Waals surface area contributed by atoms with Crippen LogP contribution in [0.4, 0.5) is 0 Å². The maximum atomic E-state index is 12.2. The van der Waals surface area contributed by atoms with Gasteiger partial charge in [-0.25, -0.2) is 0 Å². The minimum atomic E-state index is -4.63. The first-order chi connectivity index (χ1) is 11.1. The first kappa shape index (κ1) is 23.8. The van der Waals surface area contributed by atoms with Crippen molar-refractivity contribution in [1.29, 1.82) is 0 Å². The van der Waals surface area contributed by atoms with Gasteiger partial charge in [0.1, 0.15) is 0 Å². The van der Waals surface area contributed by atoms with Crippen LogP contribution in [0.3, 0.4) is 0 Å². The molecular formula is C10H16AlO10S5+. The maximum absolute atomic E-state index is 12.2. The zero-order chi connectivity index (χ0) is 21.1. The molecule has 0 saturated carbocycles. The van der Waals surface area contributed by atoms with E-state index in [4.69, 9.17) is 0 Å². The summed E-state index contributed by atoms with van der Waals surface area (Å²) >= 11 is -1.96. The Morgan fingerprint density at radius 1 is 0.577 bits per heavy atom. The second-order valence-corrected chi connectivity index (χ2v) is 18.4. The van der Waals surface area contributed by atoms with Gasteiger partial charge >= 0.3 is 160 Å². The van der Waals surface area contributed by atoms with E-state index >= 15 is 0 Å². The molecule has 0 spiro atoms. The van der Waals surface area contributed by atoms with Gasteiger partial charge < -0.3 is 0 Å². The van der Waals surface area contributed by atoms with E-state index in [9.17, 15) is 42.1 Å². The Morgan fingerprint density at radius 2 is 0.962 bits per heavy atom. The molecule has 0 N–H and O–H groups in total. The van der Waals surface area contributed by atoms with E-state index in [0.717, 1.165) is 0 Å². The van der Waals surface area contributed by atoms with Crippen LogP contribution in [-0.4, -0.2) is 92.7 Å². The van der Waals surface area contributed by atoms with Crippen LogP contribution in [0.5, 0.6) is 0 Å². The average Bonchev–Trinajstić information content (AvgIpc) is 2.30. The van der Waals surface area contributed by atoms with Crippen molar-refractivity contribution in [3.63, 3.8) is 0 Å². The van der Waals surface area contributed by atoms with Gasteiger partial charge in [0.25, 0.3) is 0 Å². The van der Waals surface area contributed by atoms with Crippen molar-refractivity contribution >= 4 is 64.4 Å². The van der Waals surface area contributed by atoms with Gasteiger partial charge in [0, 0.05) is 0 Å². The molecular weight excluding hydrogens is 467 g/mol. The van der Waals surface area contributed by atoms with E-state index in [2.05, 4.69) is 0 Å². The summed E-state index contributed by atoms with van der Waals surface area (Å²) < 4.78 is 119. The van der Waals surface area contributed by atoms with Crippen LogP contribution >= 0.6 is 0 Å². The molecule has 10 nitrogen and oxygen atoms in total. The summed E-state index contributed by atoms with van der Waals surface area (Å²) in [5.74, 6) is 0. The van der Waals surface area contributed by atoms with Crippen LogP contribution in [0, 0.1) is 0 Å².